The molecule has 2 unspecified atom stereocenters. The van der Waals surface area contributed by atoms with E-state index in [1.54, 1.807) is 12.1 Å². The Labute approximate surface area is 136 Å². The molecule has 1 saturated carbocycles. The topological polar surface area (TPSA) is 44.4 Å². The highest BCUT2D eigenvalue weighted by Gasteiger charge is 2.45. The lowest BCUT2D eigenvalue weighted by atomic mass is 9.81. The minimum Gasteiger partial charge on any atom is -0.335 e. The molecule has 0 spiro atoms. The molecule has 0 radical (unpaired) electrons. The Kier molecular flexibility index (Phi) is 3.97. The molecule has 3 aliphatic rings. The summed E-state index contributed by atoms with van der Waals surface area (Å²) in [5.41, 5.74) is 0.625. The fraction of sp³-hybridized carbons (Fsp3) is 0.611. The maximum atomic E-state index is 12.9. The molecule has 1 aromatic carbocycles. The molecule has 2 bridgehead atoms. The molecular weight excluding hydrogens is 293 g/mol. The van der Waals surface area contributed by atoms with Crippen molar-refractivity contribution >= 4 is 11.7 Å². The van der Waals surface area contributed by atoms with Crippen molar-refractivity contribution in [2.75, 3.05) is 5.32 Å². The third-order valence-electron chi connectivity index (χ3n) is 5.44. The number of fused-ring (bicyclic) bond motifs is 2. The Balaban J connectivity index is 1.34. The minimum atomic E-state index is -0.295. The molecule has 23 heavy (non-hydrogen) atoms. The summed E-state index contributed by atoms with van der Waals surface area (Å²) in [5.74, 6) is -0.295. The standard InChI is InChI=1S/C18H24FN3O/c19-12-4-6-13(7-5-12)20-18(23)21-14-10-16-2-1-3-17(11-14)22(16)15-8-9-15/h4-7,14-17H,1-3,8-11H2,(H2,20,21,23). The van der Waals surface area contributed by atoms with Gasteiger partial charge in [-0.1, -0.05) is 6.42 Å². The normalized spacial score (nSPS) is 30.7. The molecule has 2 heterocycles. The van der Waals surface area contributed by atoms with Crippen LogP contribution < -0.4 is 10.6 Å². The highest BCUT2D eigenvalue weighted by atomic mass is 19.1. The quantitative estimate of drug-likeness (QED) is 0.896. The van der Waals surface area contributed by atoms with Gasteiger partial charge in [0.25, 0.3) is 0 Å². The van der Waals surface area contributed by atoms with Crippen LogP contribution in [0.1, 0.15) is 44.9 Å². The van der Waals surface area contributed by atoms with Crippen LogP contribution in [-0.4, -0.2) is 35.1 Å². The molecule has 124 valence electrons. The van der Waals surface area contributed by atoms with Crippen molar-refractivity contribution in [3.8, 4) is 0 Å². The molecule has 4 nitrogen and oxygen atoms in total. The number of hydrogen-bond acceptors (Lipinski definition) is 2. The van der Waals surface area contributed by atoms with E-state index in [0.717, 1.165) is 18.9 Å². The summed E-state index contributed by atoms with van der Waals surface area (Å²) in [6, 6.07) is 8.05. The summed E-state index contributed by atoms with van der Waals surface area (Å²) in [7, 11) is 0. The number of urea groups is 1. The van der Waals surface area contributed by atoms with Crippen LogP contribution in [0.2, 0.25) is 0 Å². The van der Waals surface area contributed by atoms with Crippen molar-refractivity contribution in [2.24, 2.45) is 0 Å². The van der Waals surface area contributed by atoms with Gasteiger partial charge in [-0.15, -0.1) is 0 Å². The van der Waals surface area contributed by atoms with Gasteiger partial charge in [-0.2, -0.15) is 0 Å². The smallest absolute Gasteiger partial charge is 0.319 e. The van der Waals surface area contributed by atoms with Gasteiger partial charge in [0.2, 0.25) is 0 Å². The number of nitrogens with one attached hydrogen (secondary N) is 2. The Morgan fingerprint density at radius 1 is 1.00 bits per heavy atom. The average Bonchev–Trinajstić information content (AvgIpc) is 3.33. The van der Waals surface area contributed by atoms with Crippen molar-refractivity contribution in [1.82, 2.24) is 10.2 Å². The monoisotopic (exact) mass is 317 g/mol. The molecule has 3 fully saturated rings. The van der Waals surface area contributed by atoms with Gasteiger partial charge in [0.05, 0.1) is 0 Å². The molecule has 2 amide bonds. The molecule has 0 aromatic heterocycles. The Hall–Kier alpha value is -1.62. The van der Waals surface area contributed by atoms with E-state index in [1.807, 2.05) is 0 Å². The summed E-state index contributed by atoms with van der Waals surface area (Å²) < 4.78 is 12.9. The number of carbonyl (C=O) groups is 1. The number of amides is 2. The predicted molar refractivity (Wildman–Crippen MR) is 87.9 cm³/mol. The number of anilines is 1. The number of rotatable bonds is 3. The summed E-state index contributed by atoms with van der Waals surface area (Å²) in [6.07, 6.45) is 8.70. The van der Waals surface area contributed by atoms with E-state index in [1.165, 1.54) is 44.2 Å². The first-order chi connectivity index (χ1) is 11.2. The van der Waals surface area contributed by atoms with Gasteiger partial charge in [0.1, 0.15) is 5.82 Å². The first-order valence-corrected chi connectivity index (χ1v) is 8.79. The van der Waals surface area contributed by atoms with Gasteiger partial charge in [0.15, 0.2) is 0 Å². The van der Waals surface area contributed by atoms with Crippen LogP contribution in [0.4, 0.5) is 14.9 Å². The van der Waals surface area contributed by atoms with Gasteiger partial charge in [-0.05, 0) is 62.8 Å². The Morgan fingerprint density at radius 2 is 1.65 bits per heavy atom. The van der Waals surface area contributed by atoms with Crippen molar-refractivity contribution in [1.29, 1.82) is 0 Å². The van der Waals surface area contributed by atoms with Crippen molar-refractivity contribution in [3.05, 3.63) is 30.1 Å². The van der Waals surface area contributed by atoms with E-state index in [-0.39, 0.29) is 17.9 Å². The number of benzene rings is 1. The molecule has 5 heteroatoms. The number of nitrogens with zero attached hydrogens (tertiary/aromatic N) is 1. The van der Waals surface area contributed by atoms with E-state index in [2.05, 4.69) is 15.5 Å². The van der Waals surface area contributed by atoms with Crippen LogP contribution in [0, 0.1) is 5.82 Å². The van der Waals surface area contributed by atoms with E-state index >= 15 is 0 Å². The maximum Gasteiger partial charge on any atom is 0.319 e. The van der Waals surface area contributed by atoms with E-state index in [4.69, 9.17) is 0 Å². The lowest BCUT2D eigenvalue weighted by Crippen LogP contribution is -2.58. The molecule has 2 saturated heterocycles. The molecule has 4 rings (SSSR count). The average molecular weight is 317 g/mol. The first kappa shape index (κ1) is 14.9. The summed E-state index contributed by atoms with van der Waals surface area (Å²) >= 11 is 0. The molecule has 1 aromatic rings. The second-order valence-corrected chi connectivity index (χ2v) is 7.19. The molecule has 1 aliphatic carbocycles. The van der Waals surface area contributed by atoms with E-state index in [0.29, 0.717) is 17.8 Å². The summed E-state index contributed by atoms with van der Waals surface area (Å²) in [6.45, 7) is 0. The van der Waals surface area contributed by atoms with Crippen molar-refractivity contribution in [3.63, 3.8) is 0 Å². The predicted octanol–water partition coefficient (Wildman–Crippen LogP) is 3.50. The summed E-state index contributed by atoms with van der Waals surface area (Å²) in [4.78, 5) is 14.9. The Morgan fingerprint density at radius 3 is 2.26 bits per heavy atom. The lowest BCUT2D eigenvalue weighted by Gasteiger charge is -2.49. The van der Waals surface area contributed by atoms with Crippen LogP contribution in [0.25, 0.3) is 0 Å². The third-order valence-corrected chi connectivity index (χ3v) is 5.44. The molecular formula is C18H24FN3O. The van der Waals surface area contributed by atoms with Gasteiger partial charge < -0.3 is 10.6 Å². The van der Waals surface area contributed by atoms with Gasteiger partial charge in [-0.3, -0.25) is 4.90 Å². The SMILES string of the molecule is O=C(Nc1ccc(F)cc1)NC1CC2CCCC(C1)N2C1CC1. The highest BCUT2D eigenvalue weighted by molar-refractivity contribution is 5.89. The fourth-order valence-electron chi connectivity index (χ4n) is 4.39. The highest BCUT2D eigenvalue weighted by Crippen LogP contribution is 2.41. The summed E-state index contributed by atoms with van der Waals surface area (Å²) in [5, 5.41) is 5.92. The first-order valence-electron chi connectivity index (χ1n) is 8.79. The van der Waals surface area contributed by atoms with Crippen LogP contribution >= 0.6 is 0 Å². The number of hydrogen-bond donors (Lipinski definition) is 2. The molecule has 2 aliphatic heterocycles. The largest absolute Gasteiger partial charge is 0.335 e. The maximum absolute atomic E-state index is 12.9. The van der Waals surface area contributed by atoms with Gasteiger partial charge >= 0.3 is 6.03 Å². The Bertz CT molecular complexity index is 558. The fourth-order valence-corrected chi connectivity index (χ4v) is 4.39. The van der Waals surface area contributed by atoms with E-state index in [9.17, 15) is 9.18 Å². The van der Waals surface area contributed by atoms with Gasteiger partial charge in [-0.25, -0.2) is 9.18 Å². The van der Waals surface area contributed by atoms with E-state index < -0.39 is 0 Å². The van der Waals surface area contributed by atoms with Crippen LogP contribution in [-0.2, 0) is 0 Å². The van der Waals surface area contributed by atoms with Crippen molar-refractivity contribution in [2.45, 2.75) is 69.1 Å². The molecule has 2 atom stereocenters. The third kappa shape index (κ3) is 3.34. The second kappa shape index (κ2) is 6.11. The van der Waals surface area contributed by atoms with Crippen LogP contribution in [0.5, 0.6) is 0 Å². The van der Waals surface area contributed by atoms with Crippen molar-refractivity contribution < 1.29 is 9.18 Å². The number of carbonyl (C=O) groups excluding carboxylic acids is 1. The zero-order chi connectivity index (χ0) is 15.8. The minimum absolute atomic E-state index is 0.181. The second-order valence-electron chi connectivity index (χ2n) is 7.19. The number of piperidine rings is 2. The zero-order valence-corrected chi connectivity index (χ0v) is 13.3. The van der Waals surface area contributed by atoms with Crippen LogP contribution in [0.15, 0.2) is 24.3 Å². The lowest BCUT2D eigenvalue weighted by molar-refractivity contribution is 0.0198. The zero-order valence-electron chi connectivity index (χ0n) is 13.3. The number of halogens is 1. The molecule has 2 N–H and O–H groups in total. The van der Waals surface area contributed by atoms with Gasteiger partial charge in [0, 0.05) is 29.9 Å². The van der Waals surface area contributed by atoms with Crippen LogP contribution in [0.3, 0.4) is 0 Å².